The van der Waals surface area contributed by atoms with Crippen molar-refractivity contribution in [2.75, 3.05) is 0 Å². The Bertz CT molecular complexity index is 437. The number of ether oxygens (including phenoxy) is 1. The summed E-state index contributed by atoms with van der Waals surface area (Å²) in [7, 11) is 0. The normalized spacial score (nSPS) is 47.2. The fourth-order valence-corrected chi connectivity index (χ4v) is 4.01. The summed E-state index contributed by atoms with van der Waals surface area (Å²) < 4.78 is 5.57. The summed E-state index contributed by atoms with van der Waals surface area (Å²) in [6.45, 7) is 8.08. The number of aliphatic hydroxyl groups excluding tert-OH is 1. The Morgan fingerprint density at radius 3 is 2.94 bits per heavy atom. The lowest BCUT2D eigenvalue weighted by Gasteiger charge is -2.28. The Morgan fingerprint density at radius 2 is 2.22 bits per heavy atom. The minimum Gasteiger partial charge on any atom is -0.461 e. The summed E-state index contributed by atoms with van der Waals surface area (Å²) in [5.74, 6) is 0.0894. The number of rotatable bonds is 0. The molecule has 0 radical (unpaired) electrons. The van der Waals surface area contributed by atoms with Crippen molar-refractivity contribution in [2.24, 2.45) is 23.7 Å². The molecule has 2 aliphatic carbocycles. The molecule has 0 aromatic rings. The summed E-state index contributed by atoms with van der Waals surface area (Å²) in [6, 6.07) is 0. The molecule has 1 saturated carbocycles. The summed E-state index contributed by atoms with van der Waals surface area (Å²) in [4.78, 5) is 11.8. The van der Waals surface area contributed by atoms with Crippen LogP contribution in [0.25, 0.3) is 0 Å². The number of fused-ring (bicyclic) bond motifs is 3. The van der Waals surface area contributed by atoms with Gasteiger partial charge in [0, 0.05) is 11.8 Å². The molecule has 1 N–H and O–H groups in total. The number of allylic oxidation sites excluding steroid dienone is 1. The molecular weight excluding hydrogens is 228 g/mol. The van der Waals surface area contributed by atoms with E-state index in [2.05, 4.69) is 13.5 Å². The average molecular weight is 248 g/mol. The van der Waals surface area contributed by atoms with Crippen LogP contribution in [-0.2, 0) is 9.53 Å². The van der Waals surface area contributed by atoms with Crippen molar-refractivity contribution in [3.63, 3.8) is 0 Å². The molecule has 0 unspecified atom stereocenters. The van der Waals surface area contributed by atoms with Crippen LogP contribution in [0.5, 0.6) is 0 Å². The average Bonchev–Trinajstić information content (AvgIpc) is 2.77. The minimum absolute atomic E-state index is 0.114. The van der Waals surface area contributed by atoms with E-state index in [-0.39, 0.29) is 29.8 Å². The van der Waals surface area contributed by atoms with Crippen molar-refractivity contribution >= 4 is 5.97 Å². The molecule has 3 aliphatic rings. The van der Waals surface area contributed by atoms with Crippen molar-refractivity contribution in [2.45, 2.75) is 38.9 Å². The molecular formula is C15H20O3. The third-order valence-corrected chi connectivity index (χ3v) is 5.03. The molecule has 2 fully saturated rings. The van der Waals surface area contributed by atoms with Gasteiger partial charge in [-0.15, -0.1) is 0 Å². The molecule has 1 saturated heterocycles. The van der Waals surface area contributed by atoms with Gasteiger partial charge in [0.25, 0.3) is 0 Å². The lowest BCUT2D eigenvalue weighted by Crippen LogP contribution is -2.35. The Labute approximate surface area is 108 Å². The predicted octanol–water partition coefficient (Wildman–Crippen LogP) is 2.07. The van der Waals surface area contributed by atoms with Gasteiger partial charge >= 0.3 is 5.97 Å². The van der Waals surface area contributed by atoms with E-state index in [4.69, 9.17) is 4.74 Å². The van der Waals surface area contributed by atoms with Gasteiger partial charge in [0.1, 0.15) is 6.10 Å². The number of carbonyl (C=O) groups excluding carboxylic acids is 1. The van der Waals surface area contributed by atoms with Crippen LogP contribution in [0.2, 0.25) is 0 Å². The highest BCUT2D eigenvalue weighted by Crippen LogP contribution is 2.50. The number of hydrogen-bond acceptors (Lipinski definition) is 3. The van der Waals surface area contributed by atoms with Gasteiger partial charge in [0.15, 0.2) is 0 Å². The molecule has 0 amide bonds. The van der Waals surface area contributed by atoms with E-state index >= 15 is 0 Å². The van der Waals surface area contributed by atoms with E-state index in [1.165, 1.54) is 11.1 Å². The highest BCUT2D eigenvalue weighted by Gasteiger charge is 2.53. The first-order valence-electron chi connectivity index (χ1n) is 6.75. The maximum atomic E-state index is 11.8. The standard InChI is InChI=1S/C15H20O3/c1-7-4-5-10-8(2)6-11(16)13-9(3)15(17)18-14(13)12(7)10/h6,9-14,16H,1,4-5H2,2-3H3/t9-,10+,11-,12+,13-,14-/m1/s1. The predicted molar refractivity (Wildman–Crippen MR) is 67.7 cm³/mol. The summed E-state index contributed by atoms with van der Waals surface area (Å²) in [5.41, 5.74) is 2.41. The summed E-state index contributed by atoms with van der Waals surface area (Å²) in [6.07, 6.45) is 3.24. The second-order valence-electron chi connectivity index (χ2n) is 6.00. The van der Waals surface area contributed by atoms with Gasteiger partial charge in [-0.2, -0.15) is 0 Å². The quantitative estimate of drug-likeness (QED) is 0.527. The van der Waals surface area contributed by atoms with Crippen molar-refractivity contribution in [3.05, 3.63) is 23.8 Å². The lowest BCUT2D eigenvalue weighted by molar-refractivity contribution is -0.145. The number of hydrogen-bond donors (Lipinski definition) is 1. The fraction of sp³-hybridized carbons (Fsp3) is 0.667. The first-order valence-corrected chi connectivity index (χ1v) is 6.75. The van der Waals surface area contributed by atoms with E-state index in [0.29, 0.717) is 5.92 Å². The van der Waals surface area contributed by atoms with Crippen molar-refractivity contribution in [3.8, 4) is 0 Å². The highest BCUT2D eigenvalue weighted by atomic mass is 16.6. The van der Waals surface area contributed by atoms with Gasteiger partial charge in [0.2, 0.25) is 0 Å². The van der Waals surface area contributed by atoms with E-state index in [0.717, 1.165) is 12.8 Å². The molecule has 3 nitrogen and oxygen atoms in total. The molecule has 98 valence electrons. The second-order valence-corrected chi connectivity index (χ2v) is 6.00. The van der Waals surface area contributed by atoms with Crippen LogP contribution in [0.1, 0.15) is 26.7 Å². The third-order valence-electron chi connectivity index (χ3n) is 5.03. The van der Waals surface area contributed by atoms with Crippen LogP contribution >= 0.6 is 0 Å². The summed E-state index contributed by atoms with van der Waals surface area (Å²) in [5, 5.41) is 10.3. The molecule has 0 aromatic carbocycles. The Balaban J connectivity index is 2.05. The molecule has 6 atom stereocenters. The SMILES string of the molecule is C=C1CC[C@H]2C(C)=C[C@@H](O)[C@@H]3[C@H](OC(=O)[C@@H]3C)[C@@H]12. The summed E-state index contributed by atoms with van der Waals surface area (Å²) >= 11 is 0. The first kappa shape index (κ1) is 12.0. The Hall–Kier alpha value is -1.09. The fourth-order valence-electron chi connectivity index (χ4n) is 4.01. The van der Waals surface area contributed by atoms with Gasteiger partial charge in [-0.25, -0.2) is 0 Å². The van der Waals surface area contributed by atoms with E-state index in [9.17, 15) is 9.90 Å². The van der Waals surface area contributed by atoms with Crippen molar-refractivity contribution < 1.29 is 14.6 Å². The molecule has 3 rings (SSSR count). The highest BCUT2D eigenvalue weighted by molar-refractivity contribution is 5.75. The number of carbonyl (C=O) groups is 1. The minimum atomic E-state index is -0.574. The maximum Gasteiger partial charge on any atom is 0.309 e. The van der Waals surface area contributed by atoms with Crippen LogP contribution < -0.4 is 0 Å². The van der Waals surface area contributed by atoms with Gasteiger partial charge in [-0.1, -0.05) is 30.7 Å². The molecule has 0 aromatic heterocycles. The van der Waals surface area contributed by atoms with Crippen LogP contribution in [0.3, 0.4) is 0 Å². The molecule has 3 heteroatoms. The van der Waals surface area contributed by atoms with E-state index in [1.807, 2.05) is 13.0 Å². The van der Waals surface area contributed by atoms with Gasteiger partial charge in [0.05, 0.1) is 12.0 Å². The van der Waals surface area contributed by atoms with E-state index in [1.54, 1.807) is 0 Å². The van der Waals surface area contributed by atoms with Crippen LogP contribution in [0.15, 0.2) is 23.8 Å². The van der Waals surface area contributed by atoms with Crippen molar-refractivity contribution in [1.82, 2.24) is 0 Å². The van der Waals surface area contributed by atoms with Gasteiger partial charge < -0.3 is 9.84 Å². The molecule has 1 aliphatic heterocycles. The Kier molecular flexibility index (Phi) is 2.63. The number of aliphatic hydroxyl groups is 1. The zero-order chi connectivity index (χ0) is 13.0. The lowest BCUT2D eigenvalue weighted by atomic mass is 9.78. The third kappa shape index (κ3) is 1.50. The van der Waals surface area contributed by atoms with Gasteiger partial charge in [-0.05, 0) is 25.7 Å². The zero-order valence-corrected chi connectivity index (χ0v) is 10.9. The van der Waals surface area contributed by atoms with Crippen LogP contribution in [0, 0.1) is 23.7 Å². The zero-order valence-electron chi connectivity index (χ0n) is 10.9. The number of esters is 1. The molecule has 18 heavy (non-hydrogen) atoms. The molecule has 0 spiro atoms. The van der Waals surface area contributed by atoms with Crippen LogP contribution in [0.4, 0.5) is 0 Å². The van der Waals surface area contributed by atoms with Gasteiger partial charge in [-0.3, -0.25) is 4.79 Å². The Morgan fingerprint density at radius 1 is 1.50 bits per heavy atom. The second kappa shape index (κ2) is 3.95. The monoisotopic (exact) mass is 248 g/mol. The van der Waals surface area contributed by atoms with E-state index < -0.39 is 6.10 Å². The van der Waals surface area contributed by atoms with Crippen LogP contribution in [-0.4, -0.2) is 23.3 Å². The topological polar surface area (TPSA) is 46.5 Å². The molecule has 0 bridgehead atoms. The smallest absolute Gasteiger partial charge is 0.309 e. The maximum absolute atomic E-state index is 11.8. The van der Waals surface area contributed by atoms with Crippen molar-refractivity contribution in [1.29, 1.82) is 0 Å². The first-order chi connectivity index (χ1) is 8.50. The largest absolute Gasteiger partial charge is 0.461 e. The molecule has 1 heterocycles.